The van der Waals surface area contributed by atoms with Gasteiger partial charge in [-0.3, -0.25) is 52.7 Å². The second-order valence-electron chi connectivity index (χ2n) is 29.4. The van der Waals surface area contributed by atoms with Gasteiger partial charge in [-0.1, -0.05) is 133 Å². The number of hydrogen-bond acceptors (Lipinski definition) is 36. The number of cyclic esters (lactones) is 6. The van der Waals surface area contributed by atoms with Gasteiger partial charge in [0.25, 0.3) is 17.7 Å². The summed E-state index contributed by atoms with van der Waals surface area (Å²) >= 11 is 0. The van der Waals surface area contributed by atoms with Crippen LogP contribution in [0.4, 0.5) is 0 Å². The van der Waals surface area contributed by atoms with E-state index in [2.05, 4.69) is 30.9 Å². The van der Waals surface area contributed by atoms with Crippen LogP contribution in [-0.4, -0.2) is 227 Å². The third-order valence-electron chi connectivity index (χ3n) is 18.9. The molecule has 0 saturated carbocycles. The van der Waals surface area contributed by atoms with Gasteiger partial charge in [0, 0.05) is 57.2 Å². The van der Waals surface area contributed by atoms with Crippen LogP contribution in [0.1, 0.15) is 131 Å². The van der Waals surface area contributed by atoms with Gasteiger partial charge in [0.1, 0.15) is 62.5 Å². The zero-order valence-electron chi connectivity index (χ0n) is 72.7. The van der Waals surface area contributed by atoms with Crippen LogP contribution in [0.15, 0.2) is 128 Å². The number of carbonyl (C=O) groups is 15. The number of amides is 3. The van der Waals surface area contributed by atoms with E-state index >= 15 is 0 Å². The first kappa shape index (κ1) is 100. The van der Waals surface area contributed by atoms with E-state index in [1.54, 1.807) is 84.9 Å². The van der Waals surface area contributed by atoms with Crippen LogP contribution in [-0.2, 0) is 134 Å². The van der Waals surface area contributed by atoms with E-state index in [-0.39, 0.29) is 77.4 Å². The van der Waals surface area contributed by atoms with Crippen LogP contribution < -0.4 is 44.4 Å². The summed E-state index contributed by atoms with van der Waals surface area (Å²) in [7, 11) is 3.98. The maximum absolute atomic E-state index is 13.4. The Labute approximate surface area is 731 Å². The van der Waals surface area contributed by atoms with E-state index in [0.29, 0.717) is 6.61 Å². The van der Waals surface area contributed by atoms with Crippen molar-refractivity contribution in [2.45, 2.75) is 157 Å². The quantitative estimate of drug-likeness (QED) is 0.0253. The lowest BCUT2D eigenvalue weighted by Gasteiger charge is -2.29. The first-order valence-corrected chi connectivity index (χ1v) is 40.2. The smallest absolute Gasteiger partial charge is 0.334 e. The SMILES string of the molecule is CCOCC(=O)OCOc1c(OC)ccnc1C(=O)N[C@H]1COC(=O)[C@H](Cc2ccccc2)[C@@H](OC(=O)C(C)C)[C@H](C)OC1=O.COc1ccnc(C(=O)N[C@H]2COC(=O)[C@H](Cc3ccccc3)[C@@H](OC(=O)C(C)C)[C@H](C)OC2=O)c1OC(C)=O.COc1ccnc(C(=O)N[C@H]2COC(=O)[C@H](Cc3ccccc3)[C@@H](OC(=O)C(C)C)[C@H](C)OC2=O)c1OCOC(C)=O. The summed E-state index contributed by atoms with van der Waals surface area (Å²) in [5.74, 6) is -16.4. The second kappa shape index (κ2) is 49.6. The number of carbonyl (C=O) groups excluding carboxylic acids is 15. The number of ether oxygens (including phenoxy) is 18. The number of hydrogen-bond donors (Lipinski definition) is 3. The summed E-state index contributed by atoms with van der Waals surface area (Å²) < 4.78 is 96.5. The predicted octanol–water partition coefficient (Wildman–Crippen LogP) is 6.05. The van der Waals surface area contributed by atoms with E-state index in [1.165, 1.54) is 85.8 Å². The van der Waals surface area contributed by atoms with Crippen LogP contribution in [0, 0.1) is 35.5 Å². The molecule has 0 bridgehead atoms. The molecular weight excluding hydrogens is 1670 g/mol. The molecule has 9 rings (SSSR count). The zero-order chi connectivity index (χ0) is 93.1. The third kappa shape index (κ3) is 29.9. The molecule has 3 amide bonds. The number of aromatic nitrogens is 3. The molecule has 39 nitrogen and oxygen atoms in total. The van der Waals surface area contributed by atoms with Gasteiger partial charge in [0.2, 0.25) is 19.3 Å². The lowest BCUT2D eigenvalue weighted by atomic mass is 9.91. The summed E-state index contributed by atoms with van der Waals surface area (Å²) in [6, 6.07) is 27.0. The van der Waals surface area contributed by atoms with Crippen LogP contribution in [0.2, 0.25) is 0 Å². The maximum atomic E-state index is 13.4. The Morgan fingerprint density at radius 2 is 0.709 bits per heavy atom. The Bertz CT molecular complexity index is 4800. The van der Waals surface area contributed by atoms with Crippen LogP contribution >= 0.6 is 0 Å². The van der Waals surface area contributed by atoms with E-state index in [1.807, 2.05) is 54.6 Å². The molecule has 6 heterocycles. The highest BCUT2D eigenvalue weighted by atomic mass is 16.7. The lowest BCUT2D eigenvalue weighted by molar-refractivity contribution is -0.176. The molecule has 3 aliphatic heterocycles. The Balaban J connectivity index is 0.000000262. The molecule has 0 spiro atoms. The second-order valence-corrected chi connectivity index (χ2v) is 29.4. The van der Waals surface area contributed by atoms with Gasteiger partial charge in [-0.05, 0) is 63.6 Å². The number of nitrogens with one attached hydrogen (secondary N) is 3. The molecule has 0 radical (unpaired) electrons. The molecule has 0 aliphatic carbocycles. The largest absolute Gasteiger partial charge is 0.493 e. The van der Waals surface area contributed by atoms with Crippen molar-refractivity contribution in [2.24, 2.45) is 35.5 Å². The molecule has 12 atom stereocenters. The number of methoxy groups -OCH3 is 3. The molecule has 6 aromatic rings. The minimum atomic E-state index is -1.47. The Kier molecular flexibility index (Phi) is 39.1. The monoisotopic (exact) mass is 1770 g/mol. The van der Waals surface area contributed by atoms with Gasteiger partial charge in [-0.2, -0.15) is 0 Å². The molecule has 3 N–H and O–H groups in total. The number of nitrogens with zero attached hydrogens (tertiary/aromatic N) is 3. The summed E-state index contributed by atoms with van der Waals surface area (Å²) in [6.07, 6.45) is -2.48. The fourth-order valence-electron chi connectivity index (χ4n) is 12.3. The fourth-order valence-corrected chi connectivity index (χ4v) is 12.3. The number of rotatable bonds is 31. The minimum absolute atomic E-state index is 0.0611. The first-order chi connectivity index (χ1) is 60.6. The van der Waals surface area contributed by atoms with Gasteiger partial charge >= 0.3 is 71.6 Å². The standard InChI is InChI=1S/C31H38N2O12.C29H34N2O11.C28H32N2O10/c1-6-40-16-24(34)42-17-43-27-23(39-5)12-13-32-25(27)28(35)33-22-15-41-30(37)21(14-20-10-8-7-9-11-20)26(19(4)44-31(22)38)45-29(36)18(2)3;1-16(2)27(34)42-24-17(3)41-29(36)21(14-38-28(35)20(24)13-19-9-7-6-8-10-19)31-26(33)23-25(40-15-39-18(4)32)22(37-5)11-12-30-23;1-15(2)26(33)40-23-16(3)38-28(35)20(14-37-27(34)19(23)13-18-9-7-6-8-10-18)30-25(32)22-24(39-17(4)31)21(36-5)11-12-29-22/h7-13,18-19,21-22,26H,6,14-17H2,1-5H3,(H,33,35);6-12,16-17,20-21,24H,13-15H2,1-5H3,(H,31,33);6-12,15-16,19-20,23H,13-14H2,1-5H3,(H,30,32)/t19-,21+,22-,26-;17-,20+,21-,24-;16-,19+,20-,23-/m000/s1. The van der Waals surface area contributed by atoms with Gasteiger partial charge in [0.05, 0.1) is 39.1 Å². The van der Waals surface area contributed by atoms with E-state index in [0.717, 1.165) is 23.6 Å². The normalized spacial score (nSPS) is 20.6. The number of esters is 12. The van der Waals surface area contributed by atoms with Crippen molar-refractivity contribution in [3.8, 4) is 34.5 Å². The van der Waals surface area contributed by atoms with E-state index < -0.39 is 213 Å². The Morgan fingerprint density at radius 3 is 0.992 bits per heavy atom. The maximum Gasteiger partial charge on any atom is 0.334 e. The van der Waals surface area contributed by atoms with Gasteiger partial charge in [-0.25, -0.2) is 34.1 Å². The van der Waals surface area contributed by atoms with Crippen molar-refractivity contribution >= 4 is 89.4 Å². The minimum Gasteiger partial charge on any atom is -0.493 e. The van der Waals surface area contributed by atoms with Crippen molar-refractivity contribution in [3.05, 3.63) is 162 Å². The third-order valence-corrected chi connectivity index (χ3v) is 18.9. The van der Waals surface area contributed by atoms with Crippen molar-refractivity contribution in [1.82, 2.24) is 30.9 Å². The molecule has 3 aromatic carbocycles. The predicted molar refractivity (Wildman–Crippen MR) is 437 cm³/mol. The molecule has 3 fully saturated rings. The van der Waals surface area contributed by atoms with Crippen molar-refractivity contribution in [1.29, 1.82) is 0 Å². The highest BCUT2D eigenvalue weighted by Crippen LogP contribution is 2.35. The Hall–Kier alpha value is -13.9. The first-order valence-electron chi connectivity index (χ1n) is 40.2. The summed E-state index contributed by atoms with van der Waals surface area (Å²) in [5, 5.41) is 7.32. The molecule has 39 heteroatoms. The summed E-state index contributed by atoms with van der Waals surface area (Å²) in [4.78, 5) is 204. The Morgan fingerprint density at radius 1 is 0.409 bits per heavy atom. The summed E-state index contributed by atoms with van der Waals surface area (Å²) in [5.41, 5.74) is 1.38. The molecule has 3 aliphatic rings. The molecule has 684 valence electrons. The van der Waals surface area contributed by atoms with E-state index in [9.17, 15) is 71.9 Å². The fraction of sp³-hybridized carbons (Fsp3) is 0.455. The molecule has 0 unspecified atom stereocenters. The highest BCUT2D eigenvalue weighted by molar-refractivity contribution is 6.00. The van der Waals surface area contributed by atoms with Gasteiger partial charge in [0.15, 0.2) is 82.3 Å². The van der Waals surface area contributed by atoms with Crippen molar-refractivity contribution in [2.75, 3.05) is 67.9 Å². The molecule has 3 saturated heterocycles. The van der Waals surface area contributed by atoms with Crippen LogP contribution in [0.5, 0.6) is 34.5 Å². The average molecular weight is 1770 g/mol. The van der Waals surface area contributed by atoms with Gasteiger partial charge < -0.3 is 101 Å². The lowest BCUT2D eigenvalue weighted by Crippen LogP contribution is -2.47. The van der Waals surface area contributed by atoms with Crippen molar-refractivity contribution < 1.29 is 157 Å². The molecular formula is C88H104N6O33. The van der Waals surface area contributed by atoms with E-state index in [4.69, 9.17) is 85.3 Å². The average Bonchev–Trinajstić information content (AvgIpc) is 1.65. The van der Waals surface area contributed by atoms with Crippen LogP contribution in [0.3, 0.4) is 0 Å². The number of pyridine rings is 3. The molecule has 3 aromatic heterocycles. The van der Waals surface area contributed by atoms with Crippen molar-refractivity contribution in [3.63, 3.8) is 0 Å². The number of benzene rings is 3. The molecule has 127 heavy (non-hydrogen) atoms. The zero-order valence-corrected chi connectivity index (χ0v) is 72.7. The topological polar surface area (TPSA) is 497 Å². The highest BCUT2D eigenvalue weighted by Gasteiger charge is 2.47. The van der Waals surface area contributed by atoms with Gasteiger partial charge in [-0.15, -0.1) is 0 Å². The van der Waals surface area contributed by atoms with Crippen LogP contribution in [0.25, 0.3) is 0 Å². The summed E-state index contributed by atoms with van der Waals surface area (Å²) in [6.45, 7) is 15.5.